The standard InChI is InChI=1S/C16H18N6O2S.CHF3/c1-2-17-15(23)11-3-4-12-14(18-11)22(10-5-7-21(12)9-10)16(24)19-13-6-8-25-20-13;2-1(3)4/h3-4,6,8,10H,2,5,7,9H2,1H3,(H,17,23)(H,19,20,24);1H. The lowest BCUT2D eigenvalue weighted by Crippen LogP contribution is -2.48. The molecule has 2 aliphatic heterocycles. The largest absolute Gasteiger partial charge is 0.379 e. The maximum absolute atomic E-state index is 12.8. The van der Waals surface area contributed by atoms with Gasteiger partial charge in [0.25, 0.3) is 5.91 Å². The van der Waals surface area contributed by atoms with Gasteiger partial charge in [-0.15, -0.1) is 0 Å². The van der Waals surface area contributed by atoms with Gasteiger partial charge in [-0.3, -0.25) is 15.0 Å². The van der Waals surface area contributed by atoms with Crippen LogP contribution in [0.25, 0.3) is 0 Å². The van der Waals surface area contributed by atoms with Gasteiger partial charge in [-0.25, -0.2) is 9.78 Å². The molecule has 4 heterocycles. The van der Waals surface area contributed by atoms with Crippen LogP contribution in [0.3, 0.4) is 0 Å². The Morgan fingerprint density at radius 1 is 1.31 bits per heavy atom. The third-order valence-electron chi connectivity index (χ3n) is 4.41. The highest BCUT2D eigenvalue weighted by molar-refractivity contribution is 7.03. The summed E-state index contributed by atoms with van der Waals surface area (Å²) in [6, 6.07) is 5.12. The van der Waals surface area contributed by atoms with E-state index in [4.69, 9.17) is 0 Å². The number of alkyl halides is 3. The number of urea groups is 1. The van der Waals surface area contributed by atoms with Crippen LogP contribution in [0.1, 0.15) is 23.8 Å². The summed E-state index contributed by atoms with van der Waals surface area (Å²) in [6.07, 6.45) is 0.872. The monoisotopic (exact) mass is 428 g/mol. The smallest absolute Gasteiger partial charge is 0.366 e. The quantitative estimate of drug-likeness (QED) is 0.784. The second-order valence-electron chi connectivity index (χ2n) is 6.22. The van der Waals surface area contributed by atoms with Gasteiger partial charge in [0.1, 0.15) is 11.5 Å². The Bertz CT molecular complexity index is 864. The summed E-state index contributed by atoms with van der Waals surface area (Å²) in [5.41, 5.74) is 1.20. The molecule has 2 bridgehead atoms. The number of pyridine rings is 1. The number of carbonyl (C=O) groups excluding carboxylic acids is 2. The van der Waals surface area contributed by atoms with E-state index >= 15 is 0 Å². The maximum atomic E-state index is 12.8. The highest BCUT2D eigenvalue weighted by Gasteiger charge is 2.40. The fourth-order valence-corrected chi connectivity index (χ4v) is 3.77. The molecule has 2 N–H and O–H groups in total. The Morgan fingerprint density at radius 3 is 2.72 bits per heavy atom. The van der Waals surface area contributed by atoms with Crippen LogP contribution < -0.4 is 20.4 Å². The second-order valence-corrected chi connectivity index (χ2v) is 6.89. The number of amides is 3. The van der Waals surface area contributed by atoms with E-state index in [0.29, 0.717) is 23.9 Å². The molecule has 0 aliphatic carbocycles. The van der Waals surface area contributed by atoms with Crippen LogP contribution in [0, 0.1) is 0 Å². The molecule has 1 unspecified atom stereocenters. The lowest BCUT2D eigenvalue weighted by molar-refractivity contribution is 0.00818. The highest BCUT2D eigenvalue weighted by atomic mass is 32.1. The number of hydrogen-bond acceptors (Lipinski definition) is 6. The number of fused-ring (bicyclic) bond motifs is 4. The number of anilines is 3. The van der Waals surface area contributed by atoms with Crippen LogP contribution in [0.2, 0.25) is 0 Å². The van der Waals surface area contributed by atoms with Crippen molar-refractivity contribution in [2.75, 3.05) is 34.8 Å². The first-order chi connectivity index (χ1) is 13.9. The number of aromatic nitrogens is 2. The van der Waals surface area contributed by atoms with Crippen molar-refractivity contribution in [2.45, 2.75) is 26.1 Å². The molecule has 29 heavy (non-hydrogen) atoms. The number of halogens is 3. The lowest BCUT2D eigenvalue weighted by atomic mass is 10.1. The fraction of sp³-hybridized carbons (Fsp3) is 0.412. The Balaban J connectivity index is 0.000000552. The summed E-state index contributed by atoms with van der Waals surface area (Å²) < 4.78 is 33.1. The van der Waals surface area contributed by atoms with Gasteiger partial charge in [-0.1, -0.05) is 0 Å². The normalized spacial score (nSPS) is 16.8. The second kappa shape index (κ2) is 9.07. The van der Waals surface area contributed by atoms with Gasteiger partial charge in [0.2, 0.25) is 0 Å². The van der Waals surface area contributed by atoms with E-state index in [1.54, 1.807) is 17.0 Å². The Hall–Kier alpha value is -2.89. The third kappa shape index (κ3) is 4.75. The molecular formula is C17H19F3N6O2S. The number of hydrogen-bond donors (Lipinski definition) is 2. The third-order valence-corrected chi connectivity index (χ3v) is 4.97. The molecule has 0 aromatic carbocycles. The number of nitrogens with one attached hydrogen (secondary N) is 2. The van der Waals surface area contributed by atoms with E-state index in [0.717, 1.165) is 25.2 Å². The average Bonchev–Trinajstić information content (AvgIpc) is 3.32. The van der Waals surface area contributed by atoms with Gasteiger partial charge in [0, 0.05) is 25.0 Å². The Morgan fingerprint density at radius 2 is 2.07 bits per heavy atom. The van der Waals surface area contributed by atoms with Crippen molar-refractivity contribution in [3.8, 4) is 0 Å². The molecule has 1 fully saturated rings. The molecule has 0 radical (unpaired) electrons. The predicted octanol–water partition coefficient (Wildman–Crippen LogP) is 3.10. The molecule has 1 atom stereocenters. The zero-order valence-electron chi connectivity index (χ0n) is 15.4. The summed E-state index contributed by atoms with van der Waals surface area (Å²) in [5.74, 6) is 0.820. The number of rotatable bonds is 3. The van der Waals surface area contributed by atoms with E-state index in [-0.39, 0.29) is 18.0 Å². The first kappa shape index (κ1) is 20.8. The van der Waals surface area contributed by atoms with E-state index in [9.17, 15) is 22.8 Å². The first-order valence-electron chi connectivity index (χ1n) is 8.87. The van der Waals surface area contributed by atoms with Crippen molar-refractivity contribution >= 4 is 40.8 Å². The molecule has 2 aromatic rings. The summed E-state index contributed by atoms with van der Waals surface area (Å²) in [6.45, 7) is 0.371. The van der Waals surface area contributed by atoms with E-state index in [2.05, 4.69) is 24.9 Å². The van der Waals surface area contributed by atoms with E-state index in [1.807, 2.05) is 18.4 Å². The van der Waals surface area contributed by atoms with Crippen LogP contribution in [0.15, 0.2) is 23.6 Å². The number of carbonyl (C=O) groups is 2. The van der Waals surface area contributed by atoms with Gasteiger partial charge in [-0.05, 0) is 43.1 Å². The van der Waals surface area contributed by atoms with Crippen molar-refractivity contribution in [2.24, 2.45) is 0 Å². The van der Waals surface area contributed by atoms with E-state index < -0.39 is 6.68 Å². The predicted molar refractivity (Wildman–Crippen MR) is 104 cm³/mol. The van der Waals surface area contributed by atoms with Crippen LogP contribution in [0.5, 0.6) is 0 Å². The average molecular weight is 428 g/mol. The zero-order chi connectivity index (χ0) is 21.0. The minimum atomic E-state index is -3.67. The molecule has 2 aromatic heterocycles. The highest BCUT2D eigenvalue weighted by Crippen LogP contribution is 2.39. The number of nitrogens with zero attached hydrogens (tertiary/aromatic N) is 4. The molecule has 4 rings (SSSR count). The van der Waals surface area contributed by atoms with Crippen molar-refractivity contribution in [1.82, 2.24) is 14.7 Å². The van der Waals surface area contributed by atoms with Gasteiger partial charge in [-0.2, -0.15) is 17.5 Å². The minimum Gasteiger partial charge on any atom is -0.366 e. The Labute approximate surface area is 168 Å². The molecule has 0 spiro atoms. The molecule has 3 amide bonds. The topological polar surface area (TPSA) is 90.5 Å². The van der Waals surface area contributed by atoms with Crippen LogP contribution >= 0.6 is 11.5 Å². The van der Waals surface area contributed by atoms with Gasteiger partial charge < -0.3 is 10.2 Å². The molecule has 2 aliphatic rings. The van der Waals surface area contributed by atoms with Crippen molar-refractivity contribution < 1.29 is 22.8 Å². The summed E-state index contributed by atoms with van der Waals surface area (Å²) in [7, 11) is 0. The molecule has 1 saturated heterocycles. The summed E-state index contributed by atoms with van der Waals surface area (Å²) >= 11 is 1.28. The van der Waals surface area contributed by atoms with Crippen molar-refractivity contribution in [1.29, 1.82) is 0 Å². The molecular weight excluding hydrogens is 409 g/mol. The van der Waals surface area contributed by atoms with Gasteiger partial charge in [0.05, 0.1) is 11.7 Å². The zero-order valence-corrected chi connectivity index (χ0v) is 16.3. The maximum Gasteiger partial charge on any atom is 0.379 e. The van der Waals surface area contributed by atoms with Crippen LogP contribution in [-0.4, -0.2) is 53.7 Å². The van der Waals surface area contributed by atoms with Crippen molar-refractivity contribution in [3.05, 3.63) is 29.3 Å². The molecule has 0 saturated carbocycles. The fourth-order valence-electron chi connectivity index (χ4n) is 3.30. The SMILES string of the molecule is CCNC(=O)c1ccc2c(n1)N(C(=O)Nc1ccsn1)C1CCN2C1.FC(F)F. The van der Waals surface area contributed by atoms with Crippen molar-refractivity contribution in [3.63, 3.8) is 0 Å². The molecule has 12 heteroatoms. The molecule has 8 nitrogen and oxygen atoms in total. The van der Waals surface area contributed by atoms with E-state index in [1.165, 1.54) is 11.5 Å². The van der Waals surface area contributed by atoms with Crippen LogP contribution in [-0.2, 0) is 0 Å². The first-order valence-corrected chi connectivity index (χ1v) is 9.71. The summed E-state index contributed by atoms with van der Waals surface area (Å²) in [4.78, 5) is 33.3. The lowest BCUT2D eigenvalue weighted by Gasteiger charge is -2.35. The Kier molecular flexibility index (Phi) is 6.52. The molecule has 156 valence electrons. The minimum absolute atomic E-state index is 0.0446. The van der Waals surface area contributed by atoms with Crippen LogP contribution in [0.4, 0.5) is 35.3 Å². The summed E-state index contributed by atoms with van der Waals surface area (Å²) in [5, 5.41) is 7.37. The van der Waals surface area contributed by atoms with Gasteiger partial charge in [0.15, 0.2) is 5.82 Å². The van der Waals surface area contributed by atoms with Gasteiger partial charge >= 0.3 is 12.7 Å².